The van der Waals surface area contributed by atoms with Gasteiger partial charge in [-0.05, 0) is 35.4 Å². The third-order valence-corrected chi connectivity index (χ3v) is 3.59. The molecule has 0 aliphatic carbocycles. The summed E-state index contributed by atoms with van der Waals surface area (Å²) in [6.07, 6.45) is 9.25. The molecule has 3 aromatic rings. The number of halogens is 1. The smallest absolute Gasteiger partial charge is 0.118 e. The van der Waals surface area contributed by atoms with Gasteiger partial charge in [0.05, 0.1) is 12.0 Å². The first-order valence-electron chi connectivity index (χ1n) is 6.47. The number of benzene rings is 2. The van der Waals surface area contributed by atoms with Crippen molar-refractivity contribution in [3.63, 3.8) is 0 Å². The van der Waals surface area contributed by atoms with Crippen LogP contribution >= 0.6 is 15.9 Å². The van der Waals surface area contributed by atoms with E-state index in [0.29, 0.717) is 0 Å². The van der Waals surface area contributed by atoms with Crippen LogP contribution in [0.4, 0.5) is 0 Å². The van der Waals surface area contributed by atoms with Gasteiger partial charge in [0.2, 0.25) is 0 Å². The van der Waals surface area contributed by atoms with E-state index in [1.807, 2.05) is 53.2 Å². The van der Waals surface area contributed by atoms with Crippen molar-refractivity contribution in [3.05, 3.63) is 76.8 Å². The summed E-state index contributed by atoms with van der Waals surface area (Å²) >= 11 is 3.42. The van der Waals surface area contributed by atoms with Gasteiger partial charge in [-0.3, -0.25) is 0 Å². The van der Waals surface area contributed by atoms with E-state index in [9.17, 15) is 5.11 Å². The van der Waals surface area contributed by atoms with Gasteiger partial charge in [-0.1, -0.05) is 40.2 Å². The van der Waals surface area contributed by atoms with Crippen LogP contribution in [0.25, 0.3) is 17.8 Å². The third kappa shape index (κ3) is 3.41. The van der Waals surface area contributed by atoms with Crippen molar-refractivity contribution in [2.45, 2.75) is 0 Å². The largest absolute Gasteiger partial charge is 0.508 e. The second-order valence-corrected chi connectivity index (χ2v) is 5.55. The molecule has 104 valence electrons. The molecule has 1 N–H and O–H groups in total. The Morgan fingerprint density at radius 2 is 1.76 bits per heavy atom. The van der Waals surface area contributed by atoms with Gasteiger partial charge in [0.1, 0.15) is 5.75 Å². The van der Waals surface area contributed by atoms with E-state index in [0.717, 1.165) is 21.3 Å². The topological polar surface area (TPSA) is 38.0 Å². The molecule has 2 aromatic carbocycles. The molecule has 0 saturated heterocycles. The van der Waals surface area contributed by atoms with E-state index >= 15 is 0 Å². The highest BCUT2D eigenvalue weighted by atomic mass is 79.9. The van der Waals surface area contributed by atoms with E-state index in [-0.39, 0.29) is 5.75 Å². The van der Waals surface area contributed by atoms with Crippen molar-refractivity contribution in [1.82, 2.24) is 9.55 Å². The maximum absolute atomic E-state index is 9.85. The van der Waals surface area contributed by atoms with Crippen LogP contribution in [0.5, 0.6) is 5.75 Å². The Labute approximate surface area is 131 Å². The van der Waals surface area contributed by atoms with Crippen LogP contribution in [0, 0.1) is 0 Å². The molecule has 0 aliphatic rings. The summed E-state index contributed by atoms with van der Waals surface area (Å²) in [5.41, 5.74) is 2.91. The monoisotopic (exact) mass is 340 g/mol. The quantitative estimate of drug-likeness (QED) is 0.712. The van der Waals surface area contributed by atoms with E-state index in [1.165, 1.54) is 0 Å². The molecular weight excluding hydrogens is 328 g/mol. The zero-order valence-electron chi connectivity index (χ0n) is 11.1. The van der Waals surface area contributed by atoms with Crippen LogP contribution in [-0.4, -0.2) is 14.7 Å². The van der Waals surface area contributed by atoms with Gasteiger partial charge in [0.15, 0.2) is 0 Å². The van der Waals surface area contributed by atoms with Crippen LogP contribution in [0.1, 0.15) is 11.1 Å². The number of aromatic hydroxyl groups is 1. The number of hydrogen-bond donors (Lipinski definition) is 1. The number of phenolic OH excluding ortho intramolecular Hbond substituents is 1. The van der Waals surface area contributed by atoms with Gasteiger partial charge in [-0.2, -0.15) is 0 Å². The summed E-state index contributed by atoms with van der Waals surface area (Å²) in [4.78, 5) is 4.02. The van der Waals surface area contributed by atoms with Crippen molar-refractivity contribution < 1.29 is 5.11 Å². The zero-order chi connectivity index (χ0) is 14.7. The lowest BCUT2D eigenvalue weighted by atomic mass is 10.1. The molecule has 4 heteroatoms. The second kappa shape index (κ2) is 5.97. The van der Waals surface area contributed by atoms with Crippen LogP contribution in [0.15, 0.2) is 65.7 Å². The second-order valence-electron chi connectivity index (χ2n) is 4.64. The van der Waals surface area contributed by atoms with Gasteiger partial charge >= 0.3 is 0 Å². The van der Waals surface area contributed by atoms with Crippen LogP contribution < -0.4 is 0 Å². The molecule has 0 atom stereocenters. The fourth-order valence-corrected chi connectivity index (χ4v) is 2.31. The Hall–Kier alpha value is -2.33. The molecule has 0 unspecified atom stereocenters. The molecule has 3 nitrogen and oxygen atoms in total. The maximum Gasteiger partial charge on any atom is 0.118 e. The molecule has 0 fully saturated rings. The highest BCUT2D eigenvalue weighted by molar-refractivity contribution is 9.10. The highest BCUT2D eigenvalue weighted by Gasteiger charge is 2.00. The first-order valence-corrected chi connectivity index (χ1v) is 7.26. The average Bonchev–Trinajstić information content (AvgIpc) is 3.00. The molecule has 1 heterocycles. The Kier molecular flexibility index (Phi) is 3.88. The molecule has 0 bridgehead atoms. The Morgan fingerprint density at radius 1 is 1.00 bits per heavy atom. The van der Waals surface area contributed by atoms with Crippen molar-refractivity contribution in [3.8, 4) is 11.4 Å². The molecular formula is C17H13BrN2O. The third-order valence-electron chi connectivity index (χ3n) is 3.07. The van der Waals surface area contributed by atoms with Crippen molar-refractivity contribution in [2.75, 3.05) is 0 Å². The summed E-state index contributed by atoms with van der Waals surface area (Å²) in [7, 11) is 0. The van der Waals surface area contributed by atoms with E-state index < -0.39 is 0 Å². The lowest BCUT2D eigenvalue weighted by Gasteiger charge is -2.05. The summed E-state index contributed by atoms with van der Waals surface area (Å²) in [5, 5.41) is 9.85. The molecule has 3 rings (SSSR count). The van der Waals surface area contributed by atoms with Crippen molar-refractivity contribution in [1.29, 1.82) is 0 Å². The van der Waals surface area contributed by atoms with Crippen LogP contribution in [0.2, 0.25) is 0 Å². The summed E-state index contributed by atoms with van der Waals surface area (Å²) in [6.45, 7) is 0. The average molecular weight is 341 g/mol. The van der Waals surface area contributed by atoms with Gasteiger partial charge in [0, 0.05) is 22.9 Å². The van der Waals surface area contributed by atoms with E-state index in [2.05, 4.69) is 20.9 Å². The normalized spacial score (nSPS) is 11.1. The minimum Gasteiger partial charge on any atom is -0.508 e. The van der Waals surface area contributed by atoms with Crippen LogP contribution in [-0.2, 0) is 0 Å². The van der Waals surface area contributed by atoms with Gasteiger partial charge in [-0.15, -0.1) is 0 Å². The van der Waals surface area contributed by atoms with Crippen LogP contribution in [0.3, 0.4) is 0 Å². The zero-order valence-corrected chi connectivity index (χ0v) is 12.7. The highest BCUT2D eigenvalue weighted by Crippen LogP contribution is 2.21. The molecule has 1 aromatic heterocycles. The fraction of sp³-hybridized carbons (Fsp3) is 0. The molecule has 0 radical (unpaired) electrons. The predicted molar refractivity (Wildman–Crippen MR) is 88.3 cm³/mol. The first kappa shape index (κ1) is 13.6. The Bertz CT molecular complexity index is 762. The molecule has 0 saturated carbocycles. The molecule has 0 spiro atoms. The molecule has 21 heavy (non-hydrogen) atoms. The number of aromatic nitrogens is 2. The minimum atomic E-state index is 0.233. The Balaban J connectivity index is 1.90. The number of nitrogens with zero attached hydrogens (tertiary/aromatic N) is 2. The van der Waals surface area contributed by atoms with Gasteiger partial charge in [0.25, 0.3) is 0 Å². The lowest BCUT2D eigenvalue weighted by molar-refractivity contribution is 0.475. The Morgan fingerprint density at radius 3 is 2.48 bits per heavy atom. The minimum absolute atomic E-state index is 0.233. The SMILES string of the molecule is Oc1cc(/C=C/c2ccc(Br)cc2)cc(-n2ccnc2)c1. The summed E-state index contributed by atoms with van der Waals surface area (Å²) < 4.78 is 2.91. The number of hydrogen-bond acceptors (Lipinski definition) is 2. The lowest BCUT2D eigenvalue weighted by Crippen LogP contribution is -1.90. The van der Waals surface area contributed by atoms with E-state index in [4.69, 9.17) is 0 Å². The predicted octanol–water partition coefficient (Wildman–Crippen LogP) is 4.51. The van der Waals surface area contributed by atoms with Gasteiger partial charge in [-0.25, -0.2) is 4.98 Å². The molecule has 0 aliphatic heterocycles. The number of imidazole rings is 1. The molecule has 0 amide bonds. The first-order chi connectivity index (χ1) is 10.2. The number of phenols is 1. The summed E-state index contributed by atoms with van der Waals surface area (Å²) in [5.74, 6) is 0.233. The standard InChI is InChI=1S/C17H13BrN2O/c18-15-5-3-13(4-6-15)1-2-14-9-16(11-17(21)10-14)20-8-7-19-12-20/h1-12,21H/b2-1+. The van der Waals surface area contributed by atoms with Gasteiger partial charge < -0.3 is 9.67 Å². The number of rotatable bonds is 3. The fourth-order valence-electron chi connectivity index (χ4n) is 2.04. The maximum atomic E-state index is 9.85. The summed E-state index contributed by atoms with van der Waals surface area (Å²) in [6, 6.07) is 13.5. The van der Waals surface area contributed by atoms with E-state index in [1.54, 1.807) is 24.7 Å². The van der Waals surface area contributed by atoms with Crippen molar-refractivity contribution in [2.24, 2.45) is 0 Å². The van der Waals surface area contributed by atoms with Crippen molar-refractivity contribution >= 4 is 28.1 Å².